The van der Waals surface area contributed by atoms with Crippen LogP contribution in [-0.2, 0) is 14.2 Å². The summed E-state index contributed by atoms with van der Waals surface area (Å²) in [4.78, 5) is 27.1. The summed E-state index contributed by atoms with van der Waals surface area (Å²) in [6.45, 7) is 12.6. The fraction of sp³-hybridized carbons (Fsp3) is 0.533. The van der Waals surface area contributed by atoms with Crippen LogP contribution in [0.25, 0.3) is 0 Å². The minimum absolute atomic E-state index is 0.0672. The van der Waals surface area contributed by atoms with Crippen LogP contribution in [0.15, 0.2) is 60.7 Å². The first-order valence-electron chi connectivity index (χ1n) is 13.3. The summed E-state index contributed by atoms with van der Waals surface area (Å²) in [5.74, 6) is 0. The topological polar surface area (TPSA) is 109 Å². The second-order valence-corrected chi connectivity index (χ2v) is 11.3. The highest BCUT2D eigenvalue weighted by Crippen LogP contribution is 2.23. The van der Waals surface area contributed by atoms with E-state index in [1.807, 2.05) is 69.3 Å². The molecule has 1 saturated heterocycles. The predicted octanol–water partition coefficient (Wildman–Crippen LogP) is 4.94. The molecule has 9 nitrogen and oxygen atoms in total. The van der Waals surface area contributed by atoms with Gasteiger partial charge in [-0.15, -0.1) is 0 Å². The highest BCUT2D eigenvalue weighted by molar-refractivity contribution is 5.68. The number of aliphatic hydroxyl groups is 2. The summed E-state index contributed by atoms with van der Waals surface area (Å²) < 4.78 is 16.4. The molecule has 9 heteroatoms. The molecule has 2 amide bonds. The van der Waals surface area contributed by atoms with E-state index in [0.717, 1.165) is 11.1 Å². The number of hydrogen-bond acceptors (Lipinski definition) is 7. The van der Waals surface area contributed by atoms with Gasteiger partial charge >= 0.3 is 12.2 Å². The number of rotatable bonds is 6. The molecule has 39 heavy (non-hydrogen) atoms. The summed E-state index contributed by atoms with van der Waals surface area (Å²) in [5.41, 5.74) is 0.745. The average molecular weight is 545 g/mol. The van der Waals surface area contributed by atoms with Crippen LogP contribution in [0.2, 0.25) is 0 Å². The SMILES string of the molecule is CC(C)(C)OC(=O)N(CCO)C[C@@H](O)c1ccccc1.CC(C)(C)OC(=O)N1CCO[C@@H](c2ccccc2)C1. The third-order valence-corrected chi connectivity index (χ3v) is 5.49. The molecule has 0 aliphatic carbocycles. The molecule has 0 unspecified atom stereocenters. The van der Waals surface area contributed by atoms with E-state index in [4.69, 9.17) is 19.3 Å². The van der Waals surface area contributed by atoms with Gasteiger partial charge in [0.05, 0.1) is 32.4 Å². The van der Waals surface area contributed by atoms with Crippen molar-refractivity contribution < 1.29 is 34.0 Å². The van der Waals surface area contributed by atoms with Crippen molar-refractivity contribution in [1.29, 1.82) is 0 Å². The highest BCUT2D eigenvalue weighted by Gasteiger charge is 2.29. The average Bonchev–Trinajstić information content (AvgIpc) is 2.88. The normalized spacial score (nSPS) is 16.4. The number of benzene rings is 2. The third-order valence-electron chi connectivity index (χ3n) is 5.49. The number of morpholine rings is 1. The molecule has 1 fully saturated rings. The lowest BCUT2D eigenvalue weighted by atomic mass is 10.1. The highest BCUT2D eigenvalue weighted by atomic mass is 16.6. The van der Waals surface area contributed by atoms with Crippen molar-refractivity contribution in [1.82, 2.24) is 9.80 Å². The van der Waals surface area contributed by atoms with E-state index >= 15 is 0 Å². The number of amides is 2. The zero-order valence-electron chi connectivity index (χ0n) is 24.0. The maximum absolute atomic E-state index is 12.0. The first kappa shape index (κ1) is 32.1. The summed E-state index contributed by atoms with van der Waals surface area (Å²) in [6.07, 6.45) is -1.68. The molecule has 2 N–H and O–H groups in total. The second-order valence-electron chi connectivity index (χ2n) is 11.3. The van der Waals surface area contributed by atoms with Crippen molar-refractivity contribution in [2.75, 3.05) is 39.4 Å². The predicted molar refractivity (Wildman–Crippen MR) is 149 cm³/mol. The second kappa shape index (κ2) is 14.9. The quantitative estimate of drug-likeness (QED) is 0.530. The molecular weight excluding hydrogens is 500 g/mol. The first-order chi connectivity index (χ1) is 18.3. The zero-order valence-corrected chi connectivity index (χ0v) is 24.0. The van der Waals surface area contributed by atoms with Gasteiger partial charge in [-0.1, -0.05) is 60.7 Å². The Hall–Kier alpha value is -3.14. The lowest BCUT2D eigenvalue weighted by Crippen LogP contribution is -2.44. The van der Waals surface area contributed by atoms with E-state index in [9.17, 15) is 14.7 Å². The van der Waals surface area contributed by atoms with E-state index in [2.05, 4.69) is 0 Å². The fourth-order valence-corrected chi connectivity index (χ4v) is 3.70. The minimum atomic E-state index is -0.810. The van der Waals surface area contributed by atoms with Crippen LogP contribution in [0.4, 0.5) is 9.59 Å². The van der Waals surface area contributed by atoms with Gasteiger partial charge in [0.1, 0.15) is 17.3 Å². The molecule has 0 radical (unpaired) electrons. The van der Waals surface area contributed by atoms with Crippen molar-refractivity contribution in [2.24, 2.45) is 0 Å². The van der Waals surface area contributed by atoms with E-state index < -0.39 is 23.4 Å². The number of nitrogens with zero attached hydrogens (tertiary/aromatic N) is 2. The van der Waals surface area contributed by atoms with Gasteiger partial charge in [0.25, 0.3) is 0 Å². The van der Waals surface area contributed by atoms with Crippen molar-refractivity contribution in [3.05, 3.63) is 71.8 Å². The summed E-state index contributed by atoms with van der Waals surface area (Å²) >= 11 is 0. The molecule has 0 saturated carbocycles. The Kier molecular flexibility index (Phi) is 12.2. The van der Waals surface area contributed by atoms with E-state index in [1.54, 1.807) is 37.8 Å². The molecule has 0 bridgehead atoms. The van der Waals surface area contributed by atoms with Gasteiger partial charge in [0, 0.05) is 13.1 Å². The maximum Gasteiger partial charge on any atom is 0.410 e. The van der Waals surface area contributed by atoms with Crippen LogP contribution in [0.1, 0.15) is 64.9 Å². The van der Waals surface area contributed by atoms with Gasteiger partial charge < -0.3 is 34.2 Å². The van der Waals surface area contributed by atoms with Crippen molar-refractivity contribution in [3.8, 4) is 0 Å². The zero-order chi connectivity index (χ0) is 29.1. The molecule has 1 aliphatic heterocycles. The Morgan fingerprint density at radius 3 is 2.08 bits per heavy atom. The van der Waals surface area contributed by atoms with E-state index in [1.165, 1.54) is 4.90 Å². The smallest absolute Gasteiger partial charge is 0.410 e. The van der Waals surface area contributed by atoms with Crippen LogP contribution in [0.5, 0.6) is 0 Å². The molecule has 2 atom stereocenters. The van der Waals surface area contributed by atoms with Crippen LogP contribution in [0.3, 0.4) is 0 Å². The number of carbonyl (C=O) groups is 2. The standard InChI is InChI=1S/C15H23NO4.C15H21NO3/c1-15(2,3)20-14(19)16(9-10-17)11-13(18)12-7-5-4-6-8-12;1-15(2,3)19-14(17)16-9-10-18-13(11-16)12-7-5-4-6-8-12/h4-8,13,17-18H,9-11H2,1-3H3;4-8,13H,9-11H2,1-3H3/t2*13-/m11/s1. The lowest BCUT2D eigenvalue weighted by molar-refractivity contribution is -0.0432. The van der Waals surface area contributed by atoms with Crippen LogP contribution in [0, 0.1) is 0 Å². The van der Waals surface area contributed by atoms with E-state index in [-0.39, 0.29) is 31.9 Å². The summed E-state index contributed by atoms with van der Waals surface area (Å²) in [6, 6.07) is 19.0. The van der Waals surface area contributed by atoms with Crippen molar-refractivity contribution >= 4 is 12.2 Å². The number of hydrogen-bond donors (Lipinski definition) is 2. The van der Waals surface area contributed by atoms with Gasteiger partial charge in [0.2, 0.25) is 0 Å². The number of ether oxygens (including phenoxy) is 3. The largest absolute Gasteiger partial charge is 0.444 e. The van der Waals surface area contributed by atoms with Crippen molar-refractivity contribution in [3.63, 3.8) is 0 Å². The molecule has 2 aromatic carbocycles. The molecule has 1 heterocycles. The Balaban J connectivity index is 0.000000274. The fourth-order valence-electron chi connectivity index (χ4n) is 3.70. The van der Waals surface area contributed by atoms with Gasteiger partial charge in [-0.05, 0) is 52.7 Å². The Morgan fingerprint density at radius 2 is 1.54 bits per heavy atom. The van der Waals surface area contributed by atoms with Crippen LogP contribution < -0.4 is 0 Å². The number of carbonyl (C=O) groups excluding carboxylic acids is 2. The monoisotopic (exact) mass is 544 g/mol. The summed E-state index contributed by atoms with van der Waals surface area (Å²) in [7, 11) is 0. The first-order valence-corrected chi connectivity index (χ1v) is 13.3. The van der Waals surface area contributed by atoms with Gasteiger partial charge in [0.15, 0.2) is 0 Å². The minimum Gasteiger partial charge on any atom is -0.444 e. The molecule has 1 aliphatic rings. The van der Waals surface area contributed by atoms with Crippen LogP contribution in [-0.4, -0.2) is 82.8 Å². The lowest BCUT2D eigenvalue weighted by Gasteiger charge is -2.34. The molecule has 0 aromatic heterocycles. The molecule has 2 aromatic rings. The van der Waals surface area contributed by atoms with Gasteiger partial charge in [-0.25, -0.2) is 9.59 Å². The third kappa shape index (κ3) is 12.1. The molecule has 3 rings (SSSR count). The molecule has 0 spiro atoms. The molecule has 216 valence electrons. The molecular formula is C30H44N2O7. The Morgan fingerprint density at radius 1 is 0.974 bits per heavy atom. The van der Waals surface area contributed by atoms with Crippen LogP contribution >= 0.6 is 0 Å². The van der Waals surface area contributed by atoms with Crippen molar-refractivity contribution in [2.45, 2.75) is 65.0 Å². The van der Waals surface area contributed by atoms with Gasteiger partial charge in [-0.3, -0.25) is 0 Å². The summed E-state index contributed by atoms with van der Waals surface area (Å²) in [5, 5.41) is 19.2. The van der Waals surface area contributed by atoms with Gasteiger partial charge in [-0.2, -0.15) is 0 Å². The maximum atomic E-state index is 12.0. The van der Waals surface area contributed by atoms with E-state index in [0.29, 0.717) is 19.7 Å². The Labute approximate surface area is 232 Å². The number of aliphatic hydroxyl groups excluding tert-OH is 2. The Bertz CT molecular complexity index is 1000.